The van der Waals surface area contributed by atoms with Gasteiger partial charge in [-0.2, -0.15) is 0 Å². The van der Waals surface area contributed by atoms with E-state index in [4.69, 9.17) is 4.74 Å². The van der Waals surface area contributed by atoms with Crippen LogP contribution in [0.25, 0.3) is 0 Å². The number of ether oxygens (including phenoxy) is 1. The van der Waals surface area contributed by atoms with Crippen LogP contribution in [0.4, 0.5) is 0 Å². The third kappa shape index (κ3) is 3.00. The van der Waals surface area contributed by atoms with Gasteiger partial charge in [0, 0.05) is 12.6 Å². The fourth-order valence-corrected chi connectivity index (χ4v) is 1.73. The molecule has 1 aromatic heterocycles. The van der Waals surface area contributed by atoms with Gasteiger partial charge in [-0.05, 0) is 20.8 Å². The molecule has 1 aromatic rings. The second-order valence-electron chi connectivity index (χ2n) is 2.87. The van der Waals surface area contributed by atoms with Crippen LogP contribution in [0.5, 0.6) is 0 Å². The quantitative estimate of drug-likeness (QED) is 0.415. The lowest BCUT2D eigenvalue weighted by atomic mass is 10.4. The van der Waals surface area contributed by atoms with Gasteiger partial charge in [0.15, 0.2) is 5.16 Å². The van der Waals surface area contributed by atoms with Gasteiger partial charge in [-0.25, -0.2) is 0 Å². The minimum absolute atomic E-state index is 0.402. The van der Waals surface area contributed by atoms with E-state index >= 15 is 0 Å². The van der Waals surface area contributed by atoms with E-state index in [1.165, 1.54) is 0 Å². The van der Waals surface area contributed by atoms with Crippen molar-refractivity contribution in [3.05, 3.63) is 6.33 Å². The highest BCUT2D eigenvalue weighted by molar-refractivity contribution is 7.99. The topological polar surface area (TPSA) is 39.9 Å². The number of hydrogen-bond donors (Lipinski definition) is 0. The maximum atomic E-state index is 5.22. The van der Waals surface area contributed by atoms with Crippen molar-refractivity contribution in [1.29, 1.82) is 0 Å². The largest absolute Gasteiger partial charge is 0.371 e. The normalized spacial score (nSPS) is 11.1. The van der Waals surface area contributed by atoms with E-state index in [1.807, 2.05) is 11.5 Å². The summed E-state index contributed by atoms with van der Waals surface area (Å²) in [5.74, 6) is 0.641. The molecule has 0 amide bonds. The van der Waals surface area contributed by atoms with Gasteiger partial charge in [-0.1, -0.05) is 11.8 Å². The third-order valence-electron chi connectivity index (χ3n) is 1.57. The second kappa shape index (κ2) is 5.24. The first kappa shape index (κ1) is 10.5. The molecular weight excluding hydrogens is 186 g/mol. The molecule has 0 atom stereocenters. The van der Waals surface area contributed by atoms with Crippen LogP contribution in [-0.2, 0) is 4.74 Å². The van der Waals surface area contributed by atoms with Crippen molar-refractivity contribution in [3.63, 3.8) is 0 Å². The van der Waals surface area contributed by atoms with E-state index < -0.39 is 0 Å². The van der Waals surface area contributed by atoms with Gasteiger partial charge in [-0.15, -0.1) is 10.2 Å². The highest BCUT2D eigenvalue weighted by Crippen LogP contribution is 2.18. The molecule has 74 valence electrons. The summed E-state index contributed by atoms with van der Waals surface area (Å²) >= 11 is 1.57. The maximum absolute atomic E-state index is 5.22. The summed E-state index contributed by atoms with van der Waals surface area (Å²) in [7, 11) is 0. The number of rotatable bonds is 5. The molecule has 0 aliphatic carbocycles. The Morgan fingerprint density at radius 1 is 1.62 bits per heavy atom. The van der Waals surface area contributed by atoms with Gasteiger partial charge in [0.1, 0.15) is 6.33 Å². The molecule has 0 saturated heterocycles. The molecule has 1 heterocycles. The van der Waals surface area contributed by atoms with Gasteiger partial charge < -0.3 is 9.30 Å². The van der Waals surface area contributed by atoms with Crippen molar-refractivity contribution < 1.29 is 4.74 Å². The molecule has 0 aliphatic rings. The minimum atomic E-state index is 0.402. The van der Waals surface area contributed by atoms with E-state index in [0.717, 1.165) is 11.8 Å². The molecule has 5 heteroatoms. The fourth-order valence-electron chi connectivity index (χ4n) is 0.867. The summed E-state index contributed by atoms with van der Waals surface area (Å²) in [5, 5.41) is 8.78. The van der Waals surface area contributed by atoms with Gasteiger partial charge in [-0.3, -0.25) is 0 Å². The molecule has 1 rings (SSSR count). The van der Waals surface area contributed by atoms with E-state index in [9.17, 15) is 0 Å². The standard InChI is InChI=1S/C8H15N3OS/c1-4-12-6-13-8-10-9-5-11(8)7(2)3/h5,7H,4,6H2,1-3H3. The summed E-state index contributed by atoms with van der Waals surface area (Å²) in [6.45, 7) is 6.93. The lowest BCUT2D eigenvalue weighted by molar-refractivity contribution is 0.199. The highest BCUT2D eigenvalue weighted by Gasteiger charge is 2.06. The molecule has 0 bridgehead atoms. The van der Waals surface area contributed by atoms with Gasteiger partial charge >= 0.3 is 0 Å². The molecule has 0 spiro atoms. The first-order chi connectivity index (χ1) is 6.25. The summed E-state index contributed by atoms with van der Waals surface area (Å²) in [6.07, 6.45) is 1.75. The van der Waals surface area contributed by atoms with Gasteiger partial charge in [0.2, 0.25) is 0 Å². The summed E-state index contributed by atoms with van der Waals surface area (Å²) in [4.78, 5) is 0. The predicted octanol–water partition coefficient (Wildman–Crippen LogP) is 1.95. The summed E-state index contributed by atoms with van der Waals surface area (Å²) in [6, 6.07) is 0.402. The van der Waals surface area contributed by atoms with Crippen molar-refractivity contribution in [2.24, 2.45) is 0 Å². The Kier molecular flexibility index (Phi) is 4.24. The smallest absolute Gasteiger partial charge is 0.193 e. The zero-order chi connectivity index (χ0) is 9.68. The van der Waals surface area contributed by atoms with Crippen LogP contribution < -0.4 is 0 Å². The fraction of sp³-hybridized carbons (Fsp3) is 0.750. The van der Waals surface area contributed by atoms with Crippen LogP contribution in [0.1, 0.15) is 26.8 Å². The van der Waals surface area contributed by atoms with Gasteiger partial charge in [0.25, 0.3) is 0 Å². The number of hydrogen-bond acceptors (Lipinski definition) is 4. The third-order valence-corrected chi connectivity index (χ3v) is 2.41. The highest BCUT2D eigenvalue weighted by atomic mass is 32.2. The average Bonchev–Trinajstić information content (AvgIpc) is 2.53. The zero-order valence-electron chi connectivity index (χ0n) is 8.23. The number of thioether (sulfide) groups is 1. The van der Waals surface area contributed by atoms with Crippen molar-refractivity contribution in [3.8, 4) is 0 Å². The molecule has 0 radical (unpaired) electrons. The Hall–Kier alpha value is -0.550. The monoisotopic (exact) mass is 201 g/mol. The Balaban J connectivity index is 2.50. The molecular formula is C8H15N3OS. The van der Waals surface area contributed by atoms with Crippen LogP contribution in [-0.4, -0.2) is 27.3 Å². The first-order valence-electron chi connectivity index (χ1n) is 4.35. The van der Waals surface area contributed by atoms with Crippen LogP contribution in [0.15, 0.2) is 11.5 Å². The summed E-state index contributed by atoms with van der Waals surface area (Å²) in [5.41, 5.74) is 0. The molecule has 0 unspecified atom stereocenters. The van der Waals surface area contributed by atoms with E-state index in [2.05, 4.69) is 24.0 Å². The van der Waals surface area contributed by atoms with Crippen molar-refractivity contribution in [2.75, 3.05) is 12.5 Å². The van der Waals surface area contributed by atoms with Crippen LogP contribution in [0, 0.1) is 0 Å². The minimum Gasteiger partial charge on any atom is -0.371 e. The predicted molar refractivity (Wildman–Crippen MR) is 52.8 cm³/mol. The number of nitrogens with zero attached hydrogens (tertiary/aromatic N) is 3. The van der Waals surface area contributed by atoms with Crippen molar-refractivity contribution >= 4 is 11.8 Å². The lowest BCUT2D eigenvalue weighted by Gasteiger charge is -2.08. The van der Waals surface area contributed by atoms with E-state index in [-0.39, 0.29) is 0 Å². The molecule has 0 saturated carbocycles. The zero-order valence-corrected chi connectivity index (χ0v) is 9.04. The SMILES string of the molecule is CCOCSc1nncn1C(C)C. The second-order valence-corrected chi connectivity index (χ2v) is 3.76. The Labute approximate surface area is 82.7 Å². The Morgan fingerprint density at radius 2 is 2.38 bits per heavy atom. The summed E-state index contributed by atoms with van der Waals surface area (Å²) < 4.78 is 7.25. The van der Waals surface area contributed by atoms with Crippen LogP contribution >= 0.6 is 11.8 Å². The molecule has 4 nitrogen and oxygen atoms in total. The van der Waals surface area contributed by atoms with Crippen molar-refractivity contribution in [1.82, 2.24) is 14.8 Å². The number of aromatic nitrogens is 3. The molecule has 0 aromatic carbocycles. The van der Waals surface area contributed by atoms with Crippen molar-refractivity contribution in [2.45, 2.75) is 32.0 Å². The van der Waals surface area contributed by atoms with E-state index in [0.29, 0.717) is 12.0 Å². The molecule has 0 N–H and O–H groups in total. The molecule has 0 aliphatic heterocycles. The Morgan fingerprint density at radius 3 is 3.00 bits per heavy atom. The Bertz CT molecular complexity index is 249. The van der Waals surface area contributed by atoms with Crippen LogP contribution in [0.3, 0.4) is 0 Å². The lowest BCUT2D eigenvalue weighted by Crippen LogP contribution is -2.01. The molecule has 0 fully saturated rings. The van der Waals surface area contributed by atoms with Crippen LogP contribution in [0.2, 0.25) is 0 Å². The molecule has 13 heavy (non-hydrogen) atoms. The maximum Gasteiger partial charge on any atom is 0.193 e. The first-order valence-corrected chi connectivity index (χ1v) is 5.34. The average molecular weight is 201 g/mol. The van der Waals surface area contributed by atoms with E-state index in [1.54, 1.807) is 18.1 Å². The van der Waals surface area contributed by atoms with Gasteiger partial charge in [0.05, 0.1) is 5.94 Å².